The van der Waals surface area contributed by atoms with Gasteiger partial charge in [0, 0.05) is 37.4 Å². The van der Waals surface area contributed by atoms with E-state index in [9.17, 15) is 18.0 Å². The van der Waals surface area contributed by atoms with E-state index in [0.29, 0.717) is 24.1 Å². The minimum Gasteiger partial charge on any atom is -0.379 e. The van der Waals surface area contributed by atoms with Gasteiger partial charge in [-0.15, -0.1) is 0 Å². The van der Waals surface area contributed by atoms with Gasteiger partial charge in [0.15, 0.2) is 5.78 Å². The molecular weight excluding hydrogens is 454 g/mol. The van der Waals surface area contributed by atoms with Crippen LogP contribution in [0.4, 0.5) is 5.69 Å². The fraction of sp³-hybridized carbons (Fsp3) is 0.440. The molecule has 0 saturated carbocycles. The summed E-state index contributed by atoms with van der Waals surface area (Å²) in [6.45, 7) is 5.68. The number of ketones is 1. The highest BCUT2D eigenvalue weighted by atomic mass is 32.2. The summed E-state index contributed by atoms with van der Waals surface area (Å²) in [7, 11) is -3.88. The quantitative estimate of drug-likeness (QED) is 0.606. The van der Waals surface area contributed by atoms with E-state index in [1.807, 2.05) is 24.3 Å². The number of morpholine rings is 1. The Balaban J connectivity index is 1.48. The van der Waals surface area contributed by atoms with E-state index < -0.39 is 16.1 Å². The molecule has 182 valence electrons. The van der Waals surface area contributed by atoms with Gasteiger partial charge in [0.05, 0.1) is 18.1 Å². The van der Waals surface area contributed by atoms with Crippen molar-refractivity contribution < 1.29 is 22.7 Å². The Morgan fingerprint density at radius 1 is 1.03 bits per heavy atom. The normalized spacial score (nSPS) is 20.1. The SMILES string of the molecule is CC(=O)c1ccc(S(=O)(=O)N2CCCCC2C(=O)Nc2cccc(CN3CCOCC3)c2)cc1. The topological polar surface area (TPSA) is 96.0 Å². The molecule has 1 N–H and O–H groups in total. The average Bonchev–Trinajstić information content (AvgIpc) is 2.85. The first-order valence-electron chi connectivity index (χ1n) is 11.7. The van der Waals surface area contributed by atoms with E-state index in [1.54, 1.807) is 0 Å². The number of anilines is 1. The summed E-state index contributed by atoms with van der Waals surface area (Å²) >= 11 is 0. The molecule has 1 atom stereocenters. The van der Waals surface area contributed by atoms with Crippen molar-refractivity contribution in [3.63, 3.8) is 0 Å². The van der Waals surface area contributed by atoms with Crippen LogP contribution >= 0.6 is 0 Å². The molecule has 2 aliphatic rings. The molecule has 2 heterocycles. The van der Waals surface area contributed by atoms with Crippen LogP contribution in [0.5, 0.6) is 0 Å². The number of carbonyl (C=O) groups is 2. The number of piperidine rings is 1. The van der Waals surface area contributed by atoms with Crippen molar-refractivity contribution in [2.24, 2.45) is 0 Å². The highest BCUT2D eigenvalue weighted by Gasteiger charge is 2.37. The Morgan fingerprint density at radius 3 is 2.47 bits per heavy atom. The molecule has 1 amide bonds. The molecule has 9 heteroatoms. The number of amides is 1. The predicted octanol–water partition coefficient (Wildman–Crippen LogP) is 2.90. The molecule has 2 saturated heterocycles. The molecule has 0 spiro atoms. The van der Waals surface area contributed by atoms with E-state index in [0.717, 1.165) is 44.8 Å². The first-order valence-corrected chi connectivity index (χ1v) is 13.1. The standard InChI is InChI=1S/C25H31N3O5S/c1-19(29)21-8-10-23(11-9-21)34(31,32)28-12-3-2-7-24(28)25(30)26-22-6-4-5-20(17-22)18-27-13-15-33-16-14-27/h4-6,8-11,17,24H,2-3,7,12-16,18H2,1H3,(H,26,30). The lowest BCUT2D eigenvalue weighted by Crippen LogP contribution is -2.49. The number of benzene rings is 2. The first kappa shape index (κ1) is 24.5. The van der Waals surface area contributed by atoms with Crippen molar-refractivity contribution in [2.75, 3.05) is 38.2 Å². The number of nitrogens with one attached hydrogen (secondary N) is 1. The van der Waals surface area contributed by atoms with Gasteiger partial charge >= 0.3 is 0 Å². The Hall–Kier alpha value is -2.59. The van der Waals surface area contributed by atoms with Crippen molar-refractivity contribution in [1.29, 1.82) is 0 Å². The Labute approximate surface area is 200 Å². The van der Waals surface area contributed by atoms with Crippen LogP contribution in [0, 0.1) is 0 Å². The van der Waals surface area contributed by atoms with Gasteiger partial charge in [0.2, 0.25) is 15.9 Å². The minimum absolute atomic E-state index is 0.0877. The fourth-order valence-electron chi connectivity index (χ4n) is 4.44. The fourth-order valence-corrected chi connectivity index (χ4v) is 6.10. The smallest absolute Gasteiger partial charge is 0.243 e. The molecule has 34 heavy (non-hydrogen) atoms. The van der Waals surface area contributed by atoms with Crippen molar-refractivity contribution in [3.8, 4) is 0 Å². The monoisotopic (exact) mass is 485 g/mol. The summed E-state index contributed by atoms with van der Waals surface area (Å²) in [4.78, 5) is 27.1. The molecule has 2 fully saturated rings. The minimum atomic E-state index is -3.88. The maximum absolute atomic E-state index is 13.4. The van der Waals surface area contributed by atoms with Gasteiger partial charge in [-0.1, -0.05) is 30.7 Å². The van der Waals surface area contributed by atoms with Crippen LogP contribution in [0.25, 0.3) is 0 Å². The molecule has 0 bridgehead atoms. The molecule has 0 aliphatic carbocycles. The second-order valence-electron chi connectivity index (χ2n) is 8.79. The maximum Gasteiger partial charge on any atom is 0.243 e. The van der Waals surface area contributed by atoms with Crippen LogP contribution in [0.2, 0.25) is 0 Å². The van der Waals surface area contributed by atoms with Crippen molar-refractivity contribution >= 4 is 27.4 Å². The third-order valence-corrected chi connectivity index (χ3v) is 8.25. The summed E-state index contributed by atoms with van der Waals surface area (Å²) in [5.74, 6) is -0.456. The second kappa shape index (κ2) is 10.8. The lowest BCUT2D eigenvalue weighted by atomic mass is 10.0. The largest absolute Gasteiger partial charge is 0.379 e. The molecule has 2 aliphatic heterocycles. The number of Topliss-reactive ketones (excluding diaryl/α,β-unsaturated/α-hetero) is 1. The van der Waals surface area contributed by atoms with Crippen molar-refractivity contribution in [2.45, 2.75) is 43.7 Å². The van der Waals surface area contributed by atoms with E-state index in [4.69, 9.17) is 4.74 Å². The highest BCUT2D eigenvalue weighted by Crippen LogP contribution is 2.27. The molecule has 2 aromatic carbocycles. The lowest BCUT2D eigenvalue weighted by Gasteiger charge is -2.33. The summed E-state index contributed by atoms with van der Waals surface area (Å²) in [6, 6.07) is 12.8. The van der Waals surface area contributed by atoms with E-state index >= 15 is 0 Å². The van der Waals surface area contributed by atoms with E-state index in [1.165, 1.54) is 35.5 Å². The third kappa shape index (κ3) is 5.72. The average molecular weight is 486 g/mol. The van der Waals surface area contributed by atoms with Gasteiger partial charge in [0.25, 0.3) is 0 Å². The molecular formula is C25H31N3O5S. The highest BCUT2D eigenvalue weighted by molar-refractivity contribution is 7.89. The number of ether oxygens (including phenoxy) is 1. The number of hydrogen-bond acceptors (Lipinski definition) is 6. The van der Waals surface area contributed by atoms with Crippen LogP contribution in [-0.2, 0) is 26.1 Å². The molecule has 1 unspecified atom stereocenters. The number of sulfonamides is 1. The lowest BCUT2D eigenvalue weighted by molar-refractivity contribution is -0.120. The maximum atomic E-state index is 13.4. The number of rotatable bonds is 7. The number of carbonyl (C=O) groups excluding carboxylic acids is 2. The van der Waals surface area contributed by atoms with Crippen molar-refractivity contribution in [1.82, 2.24) is 9.21 Å². The molecule has 8 nitrogen and oxygen atoms in total. The summed E-state index contributed by atoms with van der Waals surface area (Å²) in [5, 5.41) is 2.93. The molecule has 0 aromatic heterocycles. The van der Waals surface area contributed by atoms with Crippen LogP contribution < -0.4 is 5.32 Å². The first-order chi connectivity index (χ1) is 16.3. The van der Waals surface area contributed by atoms with Crippen molar-refractivity contribution in [3.05, 3.63) is 59.7 Å². The number of hydrogen-bond donors (Lipinski definition) is 1. The van der Waals surface area contributed by atoms with E-state index in [2.05, 4.69) is 10.2 Å². The second-order valence-corrected chi connectivity index (χ2v) is 10.7. The van der Waals surface area contributed by atoms with Gasteiger partial charge < -0.3 is 10.1 Å². The molecule has 2 aromatic rings. The third-order valence-electron chi connectivity index (χ3n) is 6.33. The van der Waals surface area contributed by atoms with Gasteiger partial charge in [-0.25, -0.2) is 8.42 Å². The summed E-state index contributed by atoms with van der Waals surface area (Å²) in [5.41, 5.74) is 2.19. The zero-order valence-electron chi connectivity index (χ0n) is 19.4. The van der Waals surface area contributed by atoms with Gasteiger partial charge in [-0.2, -0.15) is 4.31 Å². The zero-order valence-corrected chi connectivity index (χ0v) is 20.2. The summed E-state index contributed by atoms with van der Waals surface area (Å²) < 4.78 is 33.4. The molecule has 4 rings (SSSR count). The Bertz CT molecular complexity index is 1130. The van der Waals surface area contributed by atoms with Gasteiger partial charge in [-0.3, -0.25) is 14.5 Å². The van der Waals surface area contributed by atoms with Crippen LogP contribution in [0.3, 0.4) is 0 Å². The number of nitrogens with zero attached hydrogens (tertiary/aromatic N) is 2. The Morgan fingerprint density at radius 2 is 1.76 bits per heavy atom. The Kier molecular flexibility index (Phi) is 7.77. The van der Waals surface area contributed by atoms with Crippen LogP contribution in [0.1, 0.15) is 42.1 Å². The van der Waals surface area contributed by atoms with E-state index in [-0.39, 0.29) is 23.1 Å². The van der Waals surface area contributed by atoms with Gasteiger partial charge in [0.1, 0.15) is 6.04 Å². The van der Waals surface area contributed by atoms with Crippen LogP contribution in [-0.4, -0.2) is 68.2 Å². The van der Waals surface area contributed by atoms with Crippen LogP contribution in [0.15, 0.2) is 53.4 Å². The zero-order chi connectivity index (χ0) is 24.1. The molecule has 0 radical (unpaired) electrons. The predicted molar refractivity (Wildman–Crippen MR) is 129 cm³/mol. The van der Waals surface area contributed by atoms with Gasteiger partial charge in [-0.05, 0) is 49.6 Å². The summed E-state index contributed by atoms with van der Waals surface area (Å²) in [6.07, 6.45) is 1.94.